The number of nitrogens with one attached hydrogen (secondary N) is 1. The molecule has 5 heteroatoms. The van der Waals surface area contributed by atoms with Crippen molar-refractivity contribution in [3.8, 4) is 11.4 Å². The predicted molar refractivity (Wildman–Crippen MR) is 83.0 cm³/mol. The van der Waals surface area contributed by atoms with Crippen LogP contribution in [0.25, 0.3) is 22.3 Å². The highest BCUT2D eigenvalue weighted by atomic mass is 19.1. The van der Waals surface area contributed by atoms with E-state index in [1.807, 2.05) is 19.1 Å². The van der Waals surface area contributed by atoms with Gasteiger partial charge in [-0.1, -0.05) is 12.1 Å². The first-order chi connectivity index (χ1) is 10.6. The van der Waals surface area contributed by atoms with E-state index in [4.69, 9.17) is 5.11 Å². The van der Waals surface area contributed by atoms with Gasteiger partial charge in [-0.2, -0.15) is 0 Å². The Kier molecular flexibility index (Phi) is 3.92. The molecule has 0 saturated carbocycles. The fraction of sp³-hybridized carbons (Fsp3) is 0.235. The van der Waals surface area contributed by atoms with Crippen LogP contribution in [0.5, 0.6) is 0 Å². The summed E-state index contributed by atoms with van der Waals surface area (Å²) in [6.07, 6.45) is -0.555. The maximum Gasteiger partial charge on any atom is 0.132 e. The largest absolute Gasteiger partial charge is 0.394 e. The van der Waals surface area contributed by atoms with Crippen molar-refractivity contribution in [3.05, 3.63) is 53.5 Å². The van der Waals surface area contributed by atoms with Crippen molar-refractivity contribution >= 4 is 10.9 Å². The quantitative estimate of drug-likeness (QED) is 0.693. The van der Waals surface area contributed by atoms with E-state index in [1.165, 1.54) is 6.07 Å². The number of aliphatic hydroxyl groups excluding tert-OH is 2. The molecule has 3 N–H and O–H groups in total. The van der Waals surface area contributed by atoms with Gasteiger partial charge in [0.1, 0.15) is 5.82 Å². The molecule has 4 nitrogen and oxygen atoms in total. The maximum absolute atomic E-state index is 13.8. The fourth-order valence-electron chi connectivity index (χ4n) is 2.55. The third-order valence-electron chi connectivity index (χ3n) is 3.65. The second-order valence-electron chi connectivity index (χ2n) is 5.38. The number of benzene rings is 1. The molecule has 0 fully saturated rings. The SMILES string of the molecule is Cc1ccc(CC(O)CO)c(-c2cc3c(F)cccc3[nH]2)n1. The van der Waals surface area contributed by atoms with Crippen molar-refractivity contribution in [1.82, 2.24) is 9.97 Å². The zero-order chi connectivity index (χ0) is 15.7. The average molecular weight is 300 g/mol. The Morgan fingerprint density at radius 1 is 1.27 bits per heavy atom. The van der Waals surface area contributed by atoms with E-state index in [1.54, 1.807) is 18.2 Å². The lowest BCUT2D eigenvalue weighted by atomic mass is 10.0. The molecule has 3 aromatic rings. The molecule has 0 aliphatic rings. The minimum atomic E-state index is -0.843. The molecule has 1 atom stereocenters. The van der Waals surface area contributed by atoms with E-state index >= 15 is 0 Å². The molecule has 22 heavy (non-hydrogen) atoms. The Labute approximate surface area is 127 Å². The number of hydrogen-bond donors (Lipinski definition) is 3. The first kappa shape index (κ1) is 14.7. The third-order valence-corrected chi connectivity index (χ3v) is 3.65. The Hall–Kier alpha value is -2.24. The summed E-state index contributed by atoms with van der Waals surface area (Å²) in [5.74, 6) is -0.287. The van der Waals surface area contributed by atoms with Gasteiger partial charge in [-0.05, 0) is 36.8 Å². The van der Waals surface area contributed by atoms with Gasteiger partial charge in [0.15, 0.2) is 0 Å². The second kappa shape index (κ2) is 5.87. The molecule has 3 rings (SSSR count). The van der Waals surface area contributed by atoms with Gasteiger partial charge in [-0.15, -0.1) is 0 Å². The van der Waals surface area contributed by atoms with Crippen molar-refractivity contribution in [1.29, 1.82) is 0 Å². The summed E-state index contributed by atoms with van der Waals surface area (Å²) in [5.41, 5.74) is 3.70. The van der Waals surface area contributed by atoms with Crippen LogP contribution in [-0.2, 0) is 6.42 Å². The van der Waals surface area contributed by atoms with Crippen molar-refractivity contribution in [3.63, 3.8) is 0 Å². The summed E-state index contributed by atoms with van der Waals surface area (Å²) in [5, 5.41) is 19.2. The molecular formula is C17H17FN2O2. The minimum Gasteiger partial charge on any atom is -0.394 e. The van der Waals surface area contributed by atoms with Crippen molar-refractivity contribution in [2.24, 2.45) is 0 Å². The molecule has 0 aliphatic carbocycles. The molecule has 2 aromatic heterocycles. The highest BCUT2D eigenvalue weighted by Gasteiger charge is 2.14. The Morgan fingerprint density at radius 3 is 2.82 bits per heavy atom. The topological polar surface area (TPSA) is 69.1 Å². The summed E-state index contributed by atoms with van der Waals surface area (Å²) in [4.78, 5) is 7.67. The third kappa shape index (κ3) is 2.73. The zero-order valence-corrected chi connectivity index (χ0v) is 12.2. The van der Waals surface area contributed by atoms with Crippen LogP contribution in [-0.4, -0.2) is 32.9 Å². The zero-order valence-electron chi connectivity index (χ0n) is 12.2. The van der Waals surface area contributed by atoms with Crippen molar-refractivity contribution < 1.29 is 14.6 Å². The van der Waals surface area contributed by atoms with Crippen LogP contribution in [0.2, 0.25) is 0 Å². The van der Waals surface area contributed by atoms with Crippen LogP contribution < -0.4 is 0 Å². The number of pyridine rings is 1. The number of fused-ring (bicyclic) bond motifs is 1. The first-order valence-electron chi connectivity index (χ1n) is 7.11. The van der Waals surface area contributed by atoms with E-state index in [2.05, 4.69) is 9.97 Å². The lowest BCUT2D eigenvalue weighted by molar-refractivity contribution is 0.0955. The second-order valence-corrected chi connectivity index (χ2v) is 5.38. The highest BCUT2D eigenvalue weighted by molar-refractivity contribution is 5.86. The molecule has 114 valence electrons. The molecule has 0 aliphatic heterocycles. The van der Waals surface area contributed by atoms with Crippen LogP contribution >= 0.6 is 0 Å². The molecule has 1 unspecified atom stereocenters. The molecule has 0 saturated heterocycles. The number of aliphatic hydroxyl groups is 2. The van der Waals surface area contributed by atoms with E-state index < -0.39 is 6.10 Å². The van der Waals surface area contributed by atoms with Gasteiger partial charge in [-0.3, -0.25) is 4.98 Å². The Morgan fingerprint density at radius 2 is 2.09 bits per heavy atom. The smallest absolute Gasteiger partial charge is 0.132 e. The van der Waals surface area contributed by atoms with Gasteiger partial charge in [0.05, 0.1) is 24.1 Å². The number of nitrogens with zero attached hydrogens (tertiary/aromatic N) is 1. The predicted octanol–water partition coefficient (Wildman–Crippen LogP) is 2.57. The molecule has 1 aromatic carbocycles. The monoisotopic (exact) mass is 300 g/mol. The minimum absolute atomic E-state index is 0.287. The van der Waals surface area contributed by atoms with Crippen LogP contribution in [0.4, 0.5) is 4.39 Å². The van der Waals surface area contributed by atoms with Crippen LogP contribution in [0.3, 0.4) is 0 Å². The summed E-state index contributed by atoms with van der Waals surface area (Å²) >= 11 is 0. The molecule has 0 amide bonds. The highest BCUT2D eigenvalue weighted by Crippen LogP contribution is 2.28. The van der Waals surface area contributed by atoms with Gasteiger partial charge in [-0.25, -0.2) is 4.39 Å². The summed E-state index contributed by atoms with van der Waals surface area (Å²) in [6, 6.07) is 10.3. The molecule has 0 spiro atoms. The van der Waals surface area contributed by atoms with Crippen molar-refractivity contribution in [2.45, 2.75) is 19.4 Å². The van der Waals surface area contributed by atoms with Gasteiger partial charge < -0.3 is 15.2 Å². The molecule has 0 bridgehead atoms. The van der Waals surface area contributed by atoms with E-state index in [-0.39, 0.29) is 18.8 Å². The van der Waals surface area contributed by atoms with Crippen LogP contribution in [0, 0.1) is 12.7 Å². The lowest BCUT2D eigenvalue weighted by Crippen LogP contribution is -2.16. The molecular weight excluding hydrogens is 283 g/mol. The standard InChI is InChI=1S/C17H17FN2O2/c1-10-5-6-11(7-12(22)9-21)17(19-10)16-8-13-14(18)3-2-4-15(13)20-16/h2-6,8,12,20-22H,7,9H2,1H3. The number of aromatic nitrogens is 2. The Bertz CT molecular complexity index is 814. The number of hydrogen-bond acceptors (Lipinski definition) is 3. The summed E-state index contributed by atoms with van der Waals surface area (Å²) in [6.45, 7) is 1.56. The van der Waals surface area contributed by atoms with Gasteiger partial charge in [0.2, 0.25) is 0 Å². The summed E-state index contributed by atoms with van der Waals surface area (Å²) in [7, 11) is 0. The summed E-state index contributed by atoms with van der Waals surface area (Å²) < 4.78 is 13.8. The van der Waals surface area contributed by atoms with E-state index in [0.29, 0.717) is 22.3 Å². The van der Waals surface area contributed by atoms with Gasteiger partial charge >= 0.3 is 0 Å². The average Bonchev–Trinajstić information content (AvgIpc) is 2.94. The Balaban J connectivity index is 2.12. The lowest BCUT2D eigenvalue weighted by Gasteiger charge is -2.11. The van der Waals surface area contributed by atoms with Gasteiger partial charge in [0, 0.05) is 23.0 Å². The molecule has 2 heterocycles. The van der Waals surface area contributed by atoms with Crippen molar-refractivity contribution in [2.75, 3.05) is 6.61 Å². The van der Waals surface area contributed by atoms with Crippen LogP contribution in [0.1, 0.15) is 11.3 Å². The maximum atomic E-state index is 13.8. The normalized spacial score (nSPS) is 12.7. The molecule has 0 radical (unpaired) electrons. The number of aryl methyl sites for hydroxylation is 1. The van der Waals surface area contributed by atoms with Gasteiger partial charge in [0.25, 0.3) is 0 Å². The van der Waals surface area contributed by atoms with E-state index in [0.717, 1.165) is 11.3 Å². The number of aromatic amines is 1. The fourth-order valence-corrected chi connectivity index (χ4v) is 2.55. The first-order valence-corrected chi connectivity index (χ1v) is 7.11. The number of H-pyrrole nitrogens is 1. The van der Waals surface area contributed by atoms with Crippen LogP contribution in [0.15, 0.2) is 36.4 Å². The number of rotatable bonds is 4. The van der Waals surface area contributed by atoms with E-state index in [9.17, 15) is 9.50 Å². The number of halogens is 1.